The van der Waals surface area contributed by atoms with Crippen LogP contribution >= 0.6 is 23.7 Å². The van der Waals surface area contributed by atoms with Crippen LogP contribution in [0.5, 0.6) is 0 Å². The third-order valence-electron chi connectivity index (χ3n) is 2.99. The Morgan fingerprint density at radius 1 is 1.06 bits per heavy atom. The summed E-state index contributed by atoms with van der Waals surface area (Å²) in [5, 5.41) is 2.07. The summed E-state index contributed by atoms with van der Waals surface area (Å²) in [5.74, 6) is 0. The first kappa shape index (κ1) is 15.2. The summed E-state index contributed by atoms with van der Waals surface area (Å²) in [6.07, 6.45) is 0. The molecule has 1 aromatic carbocycles. The molecule has 0 radical (unpaired) electrons. The Morgan fingerprint density at radius 2 is 1.67 bits per heavy atom. The summed E-state index contributed by atoms with van der Waals surface area (Å²) in [5.41, 5.74) is 8.96. The maximum Gasteiger partial charge on any atom is 0.0645 e. The molecule has 0 spiro atoms. The van der Waals surface area contributed by atoms with Crippen molar-refractivity contribution in [3.63, 3.8) is 0 Å². The van der Waals surface area contributed by atoms with E-state index in [1.807, 2.05) is 6.07 Å². The van der Waals surface area contributed by atoms with Crippen LogP contribution in [0, 0.1) is 0 Å². The van der Waals surface area contributed by atoms with E-state index < -0.39 is 0 Å². The molecule has 1 atom stereocenters. The van der Waals surface area contributed by atoms with Crippen molar-refractivity contribution in [2.45, 2.75) is 32.2 Å². The van der Waals surface area contributed by atoms with Gasteiger partial charge in [-0.15, -0.1) is 23.7 Å². The molecule has 0 aliphatic heterocycles. The molecule has 0 aliphatic carbocycles. The fourth-order valence-corrected chi connectivity index (χ4v) is 2.58. The lowest BCUT2D eigenvalue weighted by Crippen LogP contribution is -2.13. The highest BCUT2D eigenvalue weighted by Crippen LogP contribution is 2.27. The zero-order valence-electron chi connectivity index (χ0n) is 11.0. The number of hydrogen-bond donors (Lipinski definition) is 1. The van der Waals surface area contributed by atoms with E-state index >= 15 is 0 Å². The van der Waals surface area contributed by atoms with Gasteiger partial charge in [0.25, 0.3) is 0 Å². The zero-order chi connectivity index (χ0) is 12.5. The minimum atomic E-state index is 0. The highest BCUT2D eigenvalue weighted by atomic mass is 35.5. The largest absolute Gasteiger partial charge is 0.320 e. The van der Waals surface area contributed by atoms with Gasteiger partial charge < -0.3 is 5.73 Å². The lowest BCUT2D eigenvalue weighted by atomic mass is 9.86. The Balaban J connectivity index is 0.00000162. The normalized spacial score (nSPS) is 12.9. The van der Waals surface area contributed by atoms with Crippen molar-refractivity contribution in [1.29, 1.82) is 0 Å². The second-order valence-electron chi connectivity index (χ2n) is 5.37. The van der Waals surface area contributed by atoms with Gasteiger partial charge in [0.2, 0.25) is 0 Å². The summed E-state index contributed by atoms with van der Waals surface area (Å²) < 4.78 is 0. The van der Waals surface area contributed by atoms with Gasteiger partial charge in [0.05, 0.1) is 6.04 Å². The number of rotatable bonds is 2. The predicted octanol–water partition coefficient (Wildman–Crippen LogP) is 4.52. The first-order chi connectivity index (χ1) is 7.98. The second-order valence-corrected chi connectivity index (χ2v) is 6.34. The highest BCUT2D eigenvalue weighted by Gasteiger charge is 2.15. The van der Waals surface area contributed by atoms with Crippen LogP contribution in [-0.4, -0.2) is 0 Å². The number of benzene rings is 1. The topological polar surface area (TPSA) is 26.0 Å². The van der Waals surface area contributed by atoms with E-state index in [-0.39, 0.29) is 23.9 Å². The van der Waals surface area contributed by atoms with E-state index in [9.17, 15) is 0 Å². The van der Waals surface area contributed by atoms with E-state index in [1.54, 1.807) is 11.3 Å². The molecule has 0 saturated carbocycles. The molecule has 0 aliphatic rings. The smallest absolute Gasteiger partial charge is 0.0645 e. The molecule has 1 aromatic heterocycles. The molecule has 2 N–H and O–H groups in total. The van der Waals surface area contributed by atoms with Crippen LogP contribution in [0.15, 0.2) is 41.8 Å². The van der Waals surface area contributed by atoms with E-state index in [0.29, 0.717) is 0 Å². The number of hydrogen-bond acceptors (Lipinski definition) is 2. The summed E-state index contributed by atoms with van der Waals surface area (Å²) in [6, 6.07) is 12.8. The maximum atomic E-state index is 6.23. The number of thiophene rings is 1. The van der Waals surface area contributed by atoms with E-state index in [0.717, 1.165) is 0 Å². The fraction of sp³-hybridized carbons (Fsp3) is 0.333. The van der Waals surface area contributed by atoms with Crippen molar-refractivity contribution >= 4 is 23.7 Å². The van der Waals surface area contributed by atoms with Crippen LogP contribution < -0.4 is 5.73 Å². The van der Waals surface area contributed by atoms with Gasteiger partial charge in [0, 0.05) is 4.88 Å². The molecular formula is C15H20ClNS. The van der Waals surface area contributed by atoms with Crippen LogP contribution in [0.25, 0.3) is 0 Å². The lowest BCUT2D eigenvalue weighted by molar-refractivity contribution is 0.590. The molecule has 18 heavy (non-hydrogen) atoms. The van der Waals surface area contributed by atoms with E-state index in [1.165, 1.54) is 16.0 Å². The van der Waals surface area contributed by atoms with Gasteiger partial charge in [-0.25, -0.2) is 0 Å². The Labute approximate surface area is 119 Å². The summed E-state index contributed by atoms with van der Waals surface area (Å²) in [6.45, 7) is 6.67. The molecule has 2 aromatic rings. The van der Waals surface area contributed by atoms with Gasteiger partial charge in [0.1, 0.15) is 0 Å². The van der Waals surface area contributed by atoms with E-state index in [2.05, 4.69) is 56.5 Å². The molecule has 0 fully saturated rings. The quantitative estimate of drug-likeness (QED) is 0.861. The third-order valence-corrected chi connectivity index (χ3v) is 3.94. The molecule has 98 valence electrons. The molecule has 1 nitrogen and oxygen atoms in total. The van der Waals surface area contributed by atoms with Crippen LogP contribution in [0.4, 0.5) is 0 Å². The number of halogens is 1. The Morgan fingerprint density at radius 3 is 2.11 bits per heavy atom. The van der Waals surface area contributed by atoms with Crippen molar-refractivity contribution in [3.8, 4) is 0 Å². The van der Waals surface area contributed by atoms with Crippen LogP contribution in [0.2, 0.25) is 0 Å². The Kier molecular flexibility index (Phi) is 4.97. The van der Waals surface area contributed by atoms with Gasteiger partial charge in [-0.3, -0.25) is 0 Å². The molecule has 3 heteroatoms. The van der Waals surface area contributed by atoms with Crippen LogP contribution in [0.3, 0.4) is 0 Å². The van der Waals surface area contributed by atoms with Crippen molar-refractivity contribution in [3.05, 3.63) is 57.8 Å². The molecular weight excluding hydrogens is 262 g/mol. The minimum Gasteiger partial charge on any atom is -0.320 e. The average molecular weight is 282 g/mol. The predicted molar refractivity (Wildman–Crippen MR) is 82.7 cm³/mol. The first-order valence-corrected chi connectivity index (χ1v) is 6.76. The maximum absolute atomic E-state index is 6.23. The van der Waals surface area contributed by atoms with Crippen molar-refractivity contribution in [2.75, 3.05) is 0 Å². The highest BCUT2D eigenvalue weighted by molar-refractivity contribution is 7.10. The molecule has 1 heterocycles. The summed E-state index contributed by atoms with van der Waals surface area (Å²) in [7, 11) is 0. The zero-order valence-corrected chi connectivity index (χ0v) is 12.6. The van der Waals surface area contributed by atoms with Crippen molar-refractivity contribution in [1.82, 2.24) is 0 Å². The summed E-state index contributed by atoms with van der Waals surface area (Å²) in [4.78, 5) is 1.22. The van der Waals surface area contributed by atoms with E-state index in [4.69, 9.17) is 5.73 Å². The SMILES string of the molecule is CC(C)(C)c1ccc([C@H](N)c2cccs2)cc1.Cl. The van der Waals surface area contributed by atoms with Gasteiger partial charge >= 0.3 is 0 Å². The minimum absolute atomic E-state index is 0. The first-order valence-electron chi connectivity index (χ1n) is 5.88. The Bertz CT molecular complexity index is 468. The van der Waals surface area contributed by atoms with Crippen LogP contribution in [-0.2, 0) is 5.41 Å². The standard InChI is InChI=1S/C15H19NS.ClH/c1-15(2,3)12-8-6-11(7-9-12)14(16)13-5-4-10-17-13;/h4-10,14H,16H2,1-3H3;1H/t14-;/m0./s1. The molecule has 0 saturated heterocycles. The second kappa shape index (κ2) is 5.87. The van der Waals surface area contributed by atoms with Crippen LogP contribution in [0.1, 0.15) is 42.8 Å². The monoisotopic (exact) mass is 281 g/mol. The molecule has 0 bridgehead atoms. The van der Waals surface area contributed by atoms with Crippen molar-refractivity contribution in [2.24, 2.45) is 5.73 Å². The fourth-order valence-electron chi connectivity index (χ4n) is 1.82. The van der Waals surface area contributed by atoms with Crippen molar-refractivity contribution < 1.29 is 0 Å². The van der Waals surface area contributed by atoms with Gasteiger partial charge in [-0.2, -0.15) is 0 Å². The van der Waals surface area contributed by atoms with Gasteiger partial charge in [-0.05, 0) is 28.0 Å². The molecule has 2 rings (SSSR count). The average Bonchev–Trinajstić information content (AvgIpc) is 2.80. The third kappa shape index (κ3) is 3.35. The molecule has 0 amide bonds. The Hall–Kier alpha value is -0.830. The molecule has 0 unspecified atom stereocenters. The van der Waals surface area contributed by atoms with Gasteiger partial charge in [0.15, 0.2) is 0 Å². The van der Waals surface area contributed by atoms with Gasteiger partial charge in [-0.1, -0.05) is 51.1 Å². The lowest BCUT2D eigenvalue weighted by Gasteiger charge is -2.20. The summed E-state index contributed by atoms with van der Waals surface area (Å²) >= 11 is 1.71. The number of nitrogens with two attached hydrogens (primary N) is 1.